The molecule has 11 heavy (non-hydrogen) atoms. The summed E-state index contributed by atoms with van der Waals surface area (Å²) < 4.78 is 48.1. The van der Waals surface area contributed by atoms with Crippen LogP contribution in [0.2, 0.25) is 0 Å². The molecular formula is C6H11F4N. The van der Waals surface area contributed by atoms with E-state index in [0.717, 1.165) is 11.8 Å². The van der Waals surface area contributed by atoms with Gasteiger partial charge in [-0.05, 0) is 21.0 Å². The maximum atomic E-state index is 12.4. The van der Waals surface area contributed by atoms with Crippen LogP contribution in [-0.4, -0.2) is 37.4 Å². The summed E-state index contributed by atoms with van der Waals surface area (Å²) in [6.07, 6.45) is -3.60. The van der Waals surface area contributed by atoms with Crippen LogP contribution < -0.4 is 0 Å². The topological polar surface area (TPSA) is 3.24 Å². The largest absolute Gasteiger partial charge is 0.322 e. The first-order chi connectivity index (χ1) is 4.80. The Bertz CT molecular complexity index is 124. The van der Waals surface area contributed by atoms with Crippen LogP contribution in [0.5, 0.6) is 0 Å². The molecule has 0 bridgehead atoms. The molecule has 0 saturated carbocycles. The van der Waals surface area contributed by atoms with Gasteiger partial charge in [-0.1, -0.05) is 0 Å². The van der Waals surface area contributed by atoms with Crippen molar-refractivity contribution in [1.82, 2.24) is 4.90 Å². The number of rotatable bonds is 3. The predicted molar refractivity (Wildman–Crippen MR) is 34.1 cm³/mol. The highest BCUT2D eigenvalue weighted by Gasteiger charge is 2.47. The molecule has 0 N–H and O–H groups in total. The minimum absolute atomic E-state index is 1.06. The second-order valence-electron chi connectivity index (χ2n) is 2.61. The van der Waals surface area contributed by atoms with Gasteiger partial charge in [0.25, 0.3) is 0 Å². The van der Waals surface area contributed by atoms with E-state index >= 15 is 0 Å². The third-order valence-electron chi connectivity index (χ3n) is 1.62. The van der Waals surface area contributed by atoms with Crippen LogP contribution in [0.4, 0.5) is 17.6 Å². The van der Waals surface area contributed by atoms with E-state index in [-0.39, 0.29) is 0 Å². The molecule has 0 aliphatic rings. The lowest BCUT2D eigenvalue weighted by molar-refractivity contribution is -0.163. The van der Waals surface area contributed by atoms with E-state index < -0.39 is 18.4 Å². The van der Waals surface area contributed by atoms with Crippen molar-refractivity contribution in [2.24, 2.45) is 0 Å². The summed E-state index contributed by atoms with van der Waals surface area (Å²) in [4.78, 5) is 1.06. The Morgan fingerprint density at radius 3 is 1.64 bits per heavy atom. The number of halogens is 4. The normalized spacial score (nSPS) is 16.1. The second-order valence-corrected chi connectivity index (χ2v) is 2.61. The molecule has 0 radical (unpaired) electrons. The molecule has 0 spiro atoms. The van der Waals surface area contributed by atoms with Crippen LogP contribution in [0.1, 0.15) is 6.92 Å². The lowest BCUT2D eigenvalue weighted by Gasteiger charge is -2.27. The van der Waals surface area contributed by atoms with Crippen molar-refractivity contribution in [3.63, 3.8) is 0 Å². The van der Waals surface area contributed by atoms with Gasteiger partial charge < -0.3 is 4.90 Å². The predicted octanol–water partition coefficient (Wildman–Crippen LogP) is 1.84. The van der Waals surface area contributed by atoms with Crippen molar-refractivity contribution in [3.05, 3.63) is 0 Å². The quantitative estimate of drug-likeness (QED) is 0.588. The van der Waals surface area contributed by atoms with E-state index in [1.54, 1.807) is 0 Å². The second kappa shape index (κ2) is 3.38. The van der Waals surface area contributed by atoms with Crippen LogP contribution in [0.3, 0.4) is 0 Å². The molecule has 1 atom stereocenters. The van der Waals surface area contributed by atoms with E-state index in [9.17, 15) is 17.6 Å². The van der Waals surface area contributed by atoms with Gasteiger partial charge in [-0.25, -0.2) is 8.78 Å². The van der Waals surface area contributed by atoms with Gasteiger partial charge in [0.05, 0.1) is 6.04 Å². The fourth-order valence-electron chi connectivity index (χ4n) is 0.527. The Morgan fingerprint density at radius 1 is 1.18 bits per heavy atom. The van der Waals surface area contributed by atoms with Gasteiger partial charge in [-0.2, -0.15) is 8.78 Å². The van der Waals surface area contributed by atoms with Gasteiger partial charge in [0.1, 0.15) is 0 Å². The third kappa shape index (κ3) is 2.32. The van der Waals surface area contributed by atoms with Crippen LogP contribution in [-0.2, 0) is 0 Å². The zero-order valence-electron chi connectivity index (χ0n) is 6.61. The highest BCUT2D eigenvalue weighted by Crippen LogP contribution is 2.28. The molecule has 0 aromatic rings. The Hall–Kier alpha value is -0.320. The average molecular weight is 173 g/mol. The number of hydrogen-bond donors (Lipinski definition) is 0. The van der Waals surface area contributed by atoms with Gasteiger partial charge in [0.15, 0.2) is 0 Å². The maximum absolute atomic E-state index is 12.4. The molecule has 0 saturated heterocycles. The van der Waals surface area contributed by atoms with E-state index in [2.05, 4.69) is 0 Å². The van der Waals surface area contributed by atoms with E-state index in [0.29, 0.717) is 0 Å². The first kappa shape index (κ1) is 10.7. The van der Waals surface area contributed by atoms with Gasteiger partial charge in [-0.3, -0.25) is 0 Å². The first-order valence-corrected chi connectivity index (χ1v) is 3.12. The maximum Gasteiger partial charge on any atom is 0.322 e. The van der Waals surface area contributed by atoms with Crippen molar-refractivity contribution >= 4 is 0 Å². The number of alkyl halides is 4. The van der Waals surface area contributed by atoms with E-state index in [4.69, 9.17) is 0 Å². The molecule has 1 nitrogen and oxygen atoms in total. The zero-order valence-corrected chi connectivity index (χ0v) is 6.61. The van der Waals surface area contributed by atoms with Crippen LogP contribution in [0.25, 0.3) is 0 Å². The summed E-state index contributed by atoms with van der Waals surface area (Å²) in [5.41, 5.74) is 0. The molecule has 0 amide bonds. The molecule has 5 heteroatoms. The van der Waals surface area contributed by atoms with Gasteiger partial charge in [0, 0.05) is 0 Å². The SMILES string of the molecule is CC(N(C)C)C(F)(F)C(F)F. The molecule has 0 heterocycles. The lowest BCUT2D eigenvalue weighted by atomic mass is 10.1. The van der Waals surface area contributed by atoms with E-state index in [1.807, 2.05) is 0 Å². The Morgan fingerprint density at radius 2 is 1.55 bits per heavy atom. The molecule has 0 aromatic carbocycles. The molecule has 1 unspecified atom stereocenters. The first-order valence-electron chi connectivity index (χ1n) is 3.12. The Kier molecular flexibility index (Phi) is 3.29. The molecule has 68 valence electrons. The minimum atomic E-state index is -3.93. The van der Waals surface area contributed by atoms with Crippen LogP contribution >= 0.6 is 0 Å². The summed E-state index contributed by atoms with van der Waals surface area (Å²) >= 11 is 0. The molecule has 0 aliphatic carbocycles. The highest BCUT2D eigenvalue weighted by molar-refractivity contribution is 4.81. The van der Waals surface area contributed by atoms with Gasteiger partial charge in [0.2, 0.25) is 0 Å². The van der Waals surface area contributed by atoms with Crippen molar-refractivity contribution in [3.8, 4) is 0 Å². The van der Waals surface area contributed by atoms with Crippen molar-refractivity contribution < 1.29 is 17.6 Å². The summed E-state index contributed by atoms with van der Waals surface area (Å²) in [6, 6.07) is -1.44. The molecule has 0 aliphatic heterocycles. The van der Waals surface area contributed by atoms with E-state index in [1.165, 1.54) is 14.1 Å². The smallest absolute Gasteiger partial charge is 0.301 e. The number of hydrogen-bond acceptors (Lipinski definition) is 1. The van der Waals surface area contributed by atoms with Crippen LogP contribution in [0, 0.1) is 0 Å². The van der Waals surface area contributed by atoms with Crippen LogP contribution in [0.15, 0.2) is 0 Å². The average Bonchev–Trinajstić information content (AvgIpc) is 1.85. The summed E-state index contributed by atoms with van der Waals surface area (Å²) in [5, 5.41) is 0. The highest BCUT2D eigenvalue weighted by atomic mass is 19.3. The molecule has 0 aromatic heterocycles. The lowest BCUT2D eigenvalue weighted by Crippen LogP contribution is -2.46. The fraction of sp³-hybridized carbons (Fsp3) is 1.00. The van der Waals surface area contributed by atoms with Gasteiger partial charge in [-0.15, -0.1) is 0 Å². The minimum Gasteiger partial charge on any atom is -0.301 e. The Labute approximate surface area is 63.0 Å². The van der Waals surface area contributed by atoms with Crippen molar-refractivity contribution in [1.29, 1.82) is 0 Å². The summed E-state index contributed by atoms with van der Waals surface area (Å²) in [5.74, 6) is -3.93. The van der Waals surface area contributed by atoms with Crippen molar-refractivity contribution in [2.75, 3.05) is 14.1 Å². The molecule has 0 fully saturated rings. The monoisotopic (exact) mass is 173 g/mol. The standard InChI is InChI=1S/C6H11F4N/c1-4(11(2)3)6(9,10)5(7)8/h4-5H,1-3H3. The molecule has 0 rings (SSSR count). The zero-order chi connectivity index (χ0) is 9.23. The Balaban J connectivity index is 4.29. The van der Waals surface area contributed by atoms with Crippen molar-refractivity contribution in [2.45, 2.75) is 25.3 Å². The number of nitrogens with zero attached hydrogens (tertiary/aromatic N) is 1. The molecular weight excluding hydrogens is 162 g/mol. The fourth-order valence-corrected chi connectivity index (χ4v) is 0.527. The van der Waals surface area contributed by atoms with Gasteiger partial charge >= 0.3 is 12.3 Å². The third-order valence-corrected chi connectivity index (χ3v) is 1.62. The summed E-state index contributed by atoms with van der Waals surface area (Å²) in [7, 11) is 2.67. The summed E-state index contributed by atoms with van der Waals surface area (Å²) in [6.45, 7) is 1.06.